The van der Waals surface area contributed by atoms with Crippen LogP contribution in [0.15, 0.2) is 30.3 Å². The van der Waals surface area contributed by atoms with Gasteiger partial charge in [-0.15, -0.1) is 0 Å². The first kappa shape index (κ1) is 18.6. The van der Waals surface area contributed by atoms with Crippen molar-refractivity contribution >= 4 is 34.9 Å². The molecule has 0 bridgehead atoms. The fourth-order valence-electron chi connectivity index (χ4n) is 2.54. The van der Waals surface area contributed by atoms with E-state index in [9.17, 15) is 18.0 Å². The van der Waals surface area contributed by atoms with Gasteiger partial charge in [-0.3, -0.25) is 15.0 Å². The Balaban J connectivity index is 2.14. The van der Waals surface area contributed by atoms with Crippen molar-refractivity contribution in [2.75, 3.05) is 0 Å². The van der Waals surface area contributed by atoms with Crippen molar-refractivity contribution in [3.05, 3.63) is 57.3 Å². The van der Waals surface area contributed by atoms with E-state index in [-0.39, 0.29) is 32.7 Å². The lowest BCUT2D eigenvalue weighted by Gasteiger charge is -2.28. The van der Waals surface area contributed by atoms with E-state index >= 15 is 0 Å². The highest BCUT2D eigenvalue weighted by atomic mass is 35.5. The molecule has 1 aliphatic rings. The summed E-state index contributed by atoms with van der Waals surface area (Å²) in [4.78, 5) is 16.0. The second-order valence-corrected chi connectivity index (χ2v) is 6.37. The SMILES string of the molecule is Cn1nc(C2=CC(c3cc(Cl)cc(Cl)c3)(C(F)(F)F)ON2)cc1C(=O)O. The van der Waals surface area contributed by atoms with E-state index in [2.05, 4.69) is 10.6 Å². The minimum Gasteiger partial charge on any atom is -0.477 e. The number of hydrogen-bond acceptors (Lipinski definition) is 4. The molecule has 2 N–H and O–H groups in total. The van der Waals surface area contributed by atoms with Crippen LogP contribution >= 0.6 is 23.2 Å². The van der Waals surface area contributed by atoms with Crippen LogP contribution in [0, 0.1) is 0 Å². The van der Waals surface area contributed by atoms with Gasteiger partial charge in [0, 0.05) is 28.7 Å². The molecule has 26 heavy (non-hydrogen) atoms. The van der Waals surface area contributed by atoms with Crippen LogP contribution in [-0.2, 0) is 17.5 Å². The van der Waals surface area contributed by atoms with E-state index in [1.54, 1.807) is 0 Å². The van der Waals surface area contributed by atoms with E-state index < -0.39 is 17.7 Å². The number of rotatable bonds is 3. The number of carboxylic acids is 1. The van der Waals surface area contributed by atoms with Gasteiger partial charge in [-0.1, -0.05) is 23.2 Å². The maximum Gasteiger partial charge on any atom is 0.428 e. The summed E-state index contributed by atoms with van der Waals surface area (Å²) in [6.07, 6.45) is -4.09. The van der Waals surface area contributed by atoms with Crippen molar-refractivity contribution in [2.45, 2.75) is 11.8 Å². The van der Waals surface area contributed by atoms with Gasteiger partial charge in [0.2, 0.25) is 5.60 Å². The highest BCUT2D eigenvalue weighted by molar-refractivity contribution is 6.34. The number of aromatic nitrogens is 2. The van der Waals surface area contributed by atoms with Crippen molar-refractivity contribution in [3.8, 4) is 0 Å². The predicted molar refractivity (Wildman–Crippen MR) is 86.6 cm³/mol. The Morgan fingerprint density at radius 1 is 1.27 bits per heavy atom. The zero-order chi connectivity index (χ0) is 19.3. The Morgan fingerprint density at radius 2 is 1.88 bits per heavy atom. The largest absolute Gasteiger partial charge is 0.477 e. The number of halogens is 5. The maximum absolute atomic E-state index is 13.9. The Kier molecular flexibility index (Phi) is 4.41. The van der Waals surface area contributed by atoms with Gasteiger partial charge in [-0.25, -0.2) is 4.79 Å². The van der Waals surface area contributed by atoms with Gasteiger partial charge >= 0.3 is 12.1 Å². The third-order valence-electron chi connectivity index (χ3n) is 3.76. The summed E-state index contributed by atoms with van der Waals surface area (Å²) < 4.78 is 42.6. The number of nitrogens with one attached hydrogen (secondary N) is 1. The Hall–Kier alpha value is -2.23. The van der Waals surface area contributed by atoms with Crippen molar-refractivity contribution in [3.63, 3.8) is 0 Å². The molecule has 0 saturated carbocycles. The summed E-state index contributed by atoms with van der Waals surface area (Å²) in [6, 6.07) is 4.59. The first-order valence-electron chi connectivity index (χ1n) is 7.01. The fourth-order valence-corrected chi connectivity index (χ4v) is 3.06. The third-order valence-corrected chi connectivity index (χ3v) is 4.19. The van der Waals surface area contributed by atoms with Gasteiger partial charge < -0.3 is 5.11 Å². The fraction of sp³-hybridized carbons (Fsp3) is 0.200. The molecule has 1 atom stereocenters. The Morgan fingerprint density at radius 3 is 2.38 bits per heavy atom. The number of carbonyl (C=O) groups is 1. The van der Waals surface area contributed by atoms with E-state index in [4.69, 9.17) is 33.1 Å². The molecule has 0 saturated heterocycles. The van der Waals surface area contributed by atoms with Crippen molar-refractivity contribution < 1.29 is 27.9 Å². The number of alkyl halides is 3. The van der Waals surface area contributed by atoms with Crippen molar-refractivity contribution in [2.24, 2.45) is 7.05 Å². The molecule has 0 aliphatic carbocycles. The zero-order valence-electron chi connectivity index (χ0n) is 12.9. The Labute approximate surface area is 154 Å². The standard InChI is InChI=1S/C15H10Cl2F3N3O3/c1-23-12(13(24)25)5-10(21-23)11-6-14(26-22-11,15(18,19)20)7-2-8(16)4-9(17)3-7/h2-6,22H,1H3,(H,24,25). The number of carboxylic acid groups (broad SMARTS) is 1. The summed E-state index contributed by atoms with van der Waals surface area (Å²) in [5, 5.41) is 13.0. The highest BCUT2D eigenvalue weighted by Crippen LogP contribution is 2.48. The summed E-state index contributed by atoms with van der Waals surface area (Å²) in [5.41, 5.74) is -1.38. The number of benzene rings is 1. The van der Waals surface area contributed by atoms with Crippen LogP contribution in [0.3, 0.4) is 0 Å². The summed E-state index contributed by atoms with van der Waals surface area (Å²) in [6.45, 7) is 0. The molecule has 2 heterocycles. The molecule has 138 valence electrons. The topological polar surface area (TPSA) is 76.4 Å². The van der Waals surface area contributed by atoms with Crippen molar-refractivity contribution in [1.82, 2.24) is 15.3 Å². The molecule has 0 radical (unpaired) electrons. The highest BCUT2D eigenvalue weighted by Gasteiger charge is 2.60. The molecule has 11 heteroatoms. The zero-order valence-corrected chi connectivity index (χ0v) is 14.4. The monoisotopic (exact) mass is 407 g/mol. The number of aromatic carboxylic acids is 1. The Bertz CT molecular complexity index is 906. The van der Waals surface area contributed by atoms with Crippen LogP contribution in [0.5, 0.6) is 0 Å². The first-order valence-corrected chi connectivity index (χ1v) is 7.77. The van der Waals surface area contributed by atoms with E-state index in [1.807, 2.05) is 0 Å². The molecule has 0 fully saturated rings. The lowest BCUT2D eigenvalue weighted by molar-refractivity contribution is -0.269. The molecule has 3 rings (SSSR count). The number of hydroxylamine groups is 1. The molecule has 0 spiro atoms. The molecular weight excluding hydrogens is 398 g/mol. The lowest BCUT2D eigenvalue weighted by Crippen LogP contribution is -2.42. The quantitative estimate of drug-likeness (QED) is 0.809. The summed E-state index contributed by atoms with van der Waals surface area (Å²) >= 11 is 11.6. The first-order chi connectivity index (χ1) is 12.0. The predicted octanol–water partition coefficient (Wildman–Crippen LogP) is 3.76. The molecule has 2 aromatic rings. The third kappa shape index (κ3) is 3.02. The lowest BCUT2D eigenvalue weighted by atomic mass is 9.92. The molecule has 1 aromatic heterocycles. The number of aryl methyl sites for hydroxylation is 1. The summed E-state index contributed by atoms with van der Waals surface area (Å²) in [7, 11) is 1.36. The second-order valence-electron chi connectivity index (χ2n) is 5.50. The van der Waals surface area contributed by atoms with E-state index in [1.165, 1.54) is 13.1 Å². The second kappa shape index (κ2) is 6.19. The van der Waals surface area contributed by atoms with Gasteiger partial charge in [0.1, 0.15) is 11.4 Å². The van der Waals surface area contributed by atoms with Crippen LogP contribution < -0.4 is 5.48 Å². The van der Waals surface area contributed by atoms with Gasteiger partial charge in [0.25, 0.3) is 0 Å². The molecule has 1 unspecified atom stereocenters. The molecule has 1 aliphatic heterocycles. The van der Waals surface area contributed by atoms with E-state index in [0.717, 1.165) is 29.0 Å². The summed E-state index contributed by atoms with van der Waals surface area (Å²) in [5.74, 6) is -1.27. The maximum atomic E-state index is 13.9. The van der Waals surface area contributed by atoms with Gasteiger partial charge in [0.05, 0.1) is 5.70 Å². The molecule has 1 aromatic carbocycles. The average molecular weight is 408 g/mol. The number of hydrogen-bond donors (Lipinski definition) is 2. The van der Waals surface area contributed by atoms with Gasteiger partial charge in [-0.2, -0.15) is 18.3 Å². The van der Waals surface area contributed by atoms with Crippen LogP contribution in [0.2, 0.25) is 10.0 Å². The average Bonchev–Trinajstić information content (AvgIpc) is 3.10. The van der Waals surface area contributed by atoms with Crippen LogP contribution in [0.4, 0.5) is 13.2 Å². The smallest absolute Gasteiger partial charge is 0.428 e. The normalized spacial score (nSPS) is 20.0. The molecular formula is C15H10Cl2F3N3O3. The van der Waals surface area contributed by atoms with E-state index in [0.29, 0.717) is 0 Å². The van der Waals surface area contributed by atoms with Gasteiger partial charge in [-0.05, 0) is 24.3 Å². The minimum absolute atomic E-state index is 0.00701. The minimum atomic E-state index is -4.86. The van der Waals surface area contributed by atoms with Crippen LogP contribution in [0.25, 0.3) is 5.70 Å². The molecule has 6 nitrogen and oxygen atoms in total. The molecule has 0 amide bonds. The van der Waals surface area contributed by atoms with Crippen LogP contribution in [0.1, 0.15) is 21.7 Å². The van der Waals surface area contributed by atoms with Gasteiger partial charge in [0.15, 0.2) is 0 Å². The van der Waals surface area contributed by atoms with Crippen molar-refractivity contribution in [1.29, 1.82) is 0 Å². The number of nitrogens with zero attached hydrogens (tertiary/aromatic N) is 2. The van der Waals surface area contributed by atoms with Crippen LogP contribution in [-0.4, -0.2) is 27.0 Å².